The third-order valence-electron chi connectivity index (χ3n) is 4.80. The van der Waals surface area contributed by atoms with E-state index in [2.05, 4.69) is 31.8 Å². The number of H-pyrrole nitrogens is 1. The monoisotopic (exact) mass is 387 g/mol. The molecule has 9 nitrogen and oxygen atoms in total. The minimum atomic E-state index is -0.261. The molecular formula is C20H17N7O2. The third-order valence-corrected chi connectivity index (χ3v) is 4.80. The van der Waals surface area contributed by atoms with Crippen molar-refractivity contribution in [1.29, 1.82) is 5.26 Å². The lowest BCUT2D eigenvalue weighted by Gasteiger charge is -2.16. The van der Waals surface area contributed by atoms with Gasteiger partial charge in [-0.25, -0.2) is 4.98 Å². The van der Waals surface area contributed by atoms with E-state index in [9.17, 15) is 10.1 Å². The summed E-state index contributed by atoms with van der Waals surface area (Å²) in [6.45, 7) is 2.54. The van der Waals surface area contributed by atoms with Crippen LogP contribution in [0.5, 0.6) is 0 Å². The maximum atomic E-state index is 12.8. The number of benzene rings is 1. The van der Waals surface area contributed by atoms with Gasteiger partial charge in [0.15, 0.2) is 5.65 Å². The maximum absolute atomic E-state index is 12.8. The first-order chi connectivity index (χ1) is 14.1. The summed E-state index contributed by atoms with van der Waals surface area (Å²) in [5, 5.41) is 20.8. The number of aromatic amines is 1. The Morgan fingerprint density at radius 1 is 1.34 bits per heavy atom. The molecule has 1 amide bonds. The number of amides is 1. The van der Waals surface area contributed by atoms with Crippen molar-refractivity contribution in [3.8, 4) is 6.07 Å². The number of hydrogen-bond acceptors (Lipinski definition) is 6. The Hall–Kier alpha value is -3.90. The molecule has 0 radical (unpaired) electrons. The number of ether oxygens (including phenoxy) is 1. The van der Waals surface area contributed by atoms with Crippen molar-refractivity contribution in [3.63, 3.8) is 0 Å². The molecule has 4 bridgehead atoms. The molecule has 0 saturated carbocycles. The van der Waals surface area contributed by atoms with E-state index in [0.29, 0.717) is 35.8 Å². The van der Waals surface area contributed by atoms with Gasteiger partial charge >= 0.3 is 0 Å². The molecule has 1 aromatic carbocycles. The first-order valence-electron chi connectivity index (χ1n) is 9.17. The Balaban J connectivity index is 1.74. The molecule has 1 aliphatic rings. The molecule has 3 N–H and O–H groups in total. The quantitative estimate of drug-likeness (QED) is 0.426. The highest BCUT2D eigenvalue weighted by Gasteiger charge is 2.20. The highest BCUT2D eigenvalue weighted by Crippen LogP contribution is 2.28. The van der Waals surface area contributed by atoms with Crippen LogP contribution in [0.4, 0.5) is 11.5 Å². The van der Waals surface area contributed by atoms with Crippen molar-refractivity contribution in [2.24, 2.45) is 0 Å². The van der Waals surface area contributed by atoms with Crippen LogP contribution in [-0.4, -0.2) is 38.1 Å². The van der Waals surface area contributed by atoms with Gasteiger partial charge in [0.25, 0.3) is 5.91 Å². The Morgan fingerprint density at radius 3 is 3.10 bits per heavy atom. The molecule has 0 aliphatic carbocycles. The van der Waals surface area contributed by atoms with E-state index in [1.54, 1.807) is 22.8 Å². The highest BCUT2D eigenvalue weighted by atomic mass is 16.5. The number of fused-ring (bicyclic) bond motifs is 6. The van der Waals surface area contributed by atoms with Crippen molar-refractivity contribution < 1.29 is 9.53 Å². The standard InChI is InChI=1S/C20H17N7O2/c1-11-9-29-10-13-4-12(7-21)5-14(6-13)25-17-15-2-3-22-18(15)27-19(26-17)16(8-23-27)20(28)24-11/h2-6,8,11,22H,9-10H2,1H3,(H,24,28)(H,25,26)/t11-/m1/s1. The average Bonchev–Trinajstić information content (AvgIpc) is 3.34. The molecular weight excluding hydrogens is 370 g/mol. The van der Waals surface area contributed by atoms with Crippen LogP contribution in [0, 0.1) is 11.3 Å². The summed E-state index contributed by atoms with van der Waals surface area (Å²) in [4.78, 5) is 20.6. The van der Waals surface area contributed by atoms with Gasteiger partial charge in [0.05, 0.1) is 36.4 Å². The highest BCUT2D eigenvalue weighted by molar-refractivity contribution is 6.02. The number of nitriles is 1. The number of nitrogens with one attached hydrogen (secondary N) is 3. The normalized spacial score (nSPS) is 17.0. The summed E-state index contributed by atoms with van der Waals surface area (Å²) >= 11 is 0. The summed E-state index contributed by atoms with van der Waals surface area (Å²) in [7, 11) is 0. The van der Waals surface area contributed by atoms with Gasteiger partial charge in [0, 0.05) is 17.9 Å². The predicted octanol–water partition coefficient (Wildman–Crippen LogP) is 2.47. The summed E-state index contributed by atoms with van der Waals surface area (Å²) in [5.41, 5.74) is 3.63. The number of carbonyl (C=O) groups is 1. The number of aromatic nitrogens is 4. The molecule has 1 aliphatic heterocycles. The lowest BCUT2D eigenvalue weighted by atomic mass is 10.1. The molecule has 0 spiro atoms. The second-order valence-corrected chi connectivity index (χ2v) is 7.04. The maximum Gasteiger partial charge on any atom is 0.257 e. The number of carbonyl (C=O) groups excluding carboxylic acids is 1. The molecule has 0 fully saturated rings. The van der Waals surface area contributed by atoms with Crippen LogP contribution in [0.15, 0.2) is 36.7 Å². The van der Waals surface area contributed by atoms with Crippen molar-refractivity contribution in [2.75, 3.05) is 11.9 Å². The minimum absolute atomic E-state index is 0.203. The summed E-state index contributed by atoms with van der Waals surface area (Å²) in [6, 6.07) is 9.34. The van der Waals surface area contributed by atoms with Gasteiger partial charge in [-0.05, 0) is 36.8 Å². The first-order valence-corrected chi connectivity index (χ1v) is 9.17. The first kappa shape index (κ1) is 17.2. The number of rotatable bonds is 0. The average molecular weight is 387 g/mol. The lowest BCUT2D eigenvalue weighted by molar-refractivity contribution is 0.0821. The zero-order valence-electron chi connectivity index (χ0n) is 15.6. The number of anilines is 2. The summed E-state index contributed by atoms with van der Waals surface area (Å²) in [5.74, 6) is 0.304. The van der Waals surface area contributed by atoms with Crippen LogP contribution in [0.1, 0.15) is 28.4 Å². The molecule has 3 aromatic heterocycles. The Morgan fingerprint density at radius 2 is 2.24 bits per heavy atom. The topological polar surface area (TPSA) is 120 Å². The van der Waals surface area contributed by atoms with E-state index in [4.69, 9.17) is 4.74 Å². The summed E-state index contributed by atoms with van der Waals surface area (Å²) in [6.07, 6.45) is 3.30. The zero-order chi connectivity index (χ0) is 20.0. The fourth-order valence-corrected chi connectivity index (χ4v) is 3.51. The molecule has 144 valence electrons. The van der Waals surface area contributed by atoms with Crippen molar-refractivity contribution in [1.82, 2.24) is 24.9 Å². The van der Waals surface area contributed by atoms with Crippen molar-refractivity contribution in [3.05, 3.63) is 53.3 Å². The molecule has 5 rings (SSSR count). The van der Waals surface area contributed by atoms with E-state index in [1.165, 1.54) is 6.20 Å². The Labute approximate surface area is 165 Å². The van der Waals surface area contributed by atoms with Crippen LogP contribution in [0.25, 0.3) is 16.7 Å². The molecule has 1 atom stereocenters. The zero-order valence-corrected chi connectivity index (χ0v) is 15.6. The van der Waals surface area contributed by atoms with Gasteiger partial charge in [-0.1, -0.05) is 0 Å². The van der Waals surface area contributed by atoms with Gasteiger partial charge in [-0.15, -0.1) is 0 Å². The number of hydrogen-bond donors (Lipinski definition) is 3. The molecule has 4 aromatic rings. The van der Waals surface area contributed by atoms with Gasteiger partial charge in [0.2, 0.25) is 0 Å². The van der Waals surface area contributed by atoms with Gasteiger partial charge in [-0.3, -0.25) is 4.79 Å². The van der Waals surface area contributed by atoms with Crippen LogP contribution >= 0.6 is 0 Å². The lowest BCUT2D eigenvalue weighted by Crippen LogP contribution is -2.35. The second kappa shape index (κ2) is 6.61. The van der Waals surface area contributed by atoms with E-state index in [1.807, 2.05) is 19.1 Å². The smallest absolute Gasteiger partial charge is 0.257 e. The van der Waals surface area contributed by atoms with Gasteiger partial charge in [-0.2, -0.15) is 14.9 Å². The molecule has 29 heavy (non-hydrogen) atoms. The molecule has 0 unspecified atom stereocenters. The van der Waals surface area contributed by atoms with Crippen LogP contribution < -0.4 is 10.6 Å². The van der Waals surface area contributed by atoms with Crippen LogP contribution in [-0.2, 0) is 11.3 Å². The van der Waals surface area contributed by atoms with Crippen LogP contribution in [0.2, 0.25) is 0 Å². The van der Waals surface area contributed by atoms with Crippen LogP contribution in [0.3, 0.4) is 0 Å². The van der Waals surface area contributed by atoms with Gasteiger partial charge in [0.1, 0.15) is 17.0 Å². The third kappa shape index (κ3) is 2.96. The Kier molecular flexibility index (Phi) is 3.93. The van der Waals surface area contributed by atoms with Crippen molar-refractivity contribution >= 4 is 34.1 Å². The van der Waals surface area contributed by atoms with E-state index in [-0.39, 0.29) is 11.9 Å². The Bertz CT molecular complexity index is 1300. The number of nitrogens with zero attached hydrogens (tertiary/aromatic N) is 4. The molecule has 0 saturated heterocycles. The summed E-state index contributed by atoms with van der Waals surface area (Å²) < 4.78 is 7.36. The van der Waals surface area contributed by atoms with Gasteiger partial charge < -0.3 is 20.4 Å². The second-order valence-electron chi connectivity index (χ2n) is 7.04. The molecule has 4 heterocycles. The fourth-order valence-electron chi connectivity index (χ4n) is 3.51. The fraction of sp³-hybridized carbons (Fsp3) is 0.200. The largest absolute Gasteiger partial charge is 0.375 e. The van der Waals surface area contributed by atoms with Crippen molar-refractivity contribution in [2.45, 2.75) is 19.6 Å². The SMILES string of the molecule is C[C@@H]1COCc2cc(C#N)cc(c2)Nc2nc3c(cnn3c3[nH]ccc23)C(=O)N1. The van der Waals surface area contributed by atoms with E-state index < -0.39 is 0 Å². The minimum Gasteiger partial charge on any atom is -0.375 e. The predicted molar refractivity (Wildman–Crippen MR) is 106 cm³/mol. The molecule has 9 heteroatoms. The van der Waals surface area contributed by atoms with E-state index >= 15 is 0 Å². The van der Waals surface area contributed by atoms with E-state index in [0.717, 1.165) is 22.3 Å².